The molecule has 104 valence electrons. The zero-order valence-electron chi connectivity index (χ0n) is 11.2. The van der Waals surface area contributed by atoms with Crippen molar-refractivity contribution in [2.45, 2.75) is 6.04 Å². The summed E-state index contributed by atoms with van der Waals surface area (Å²) < 4.78 is 24.4. The number of para-hydroxylation sites is 1. The molecule has 0 bridgehead atoms. The maximum Gasteiger partial charge on any atom is 0.166 e. The summed E-state index contributed by atoms with van der Waals surface area (Å²) in [6, 6.07) is 12.3. The monoisotopic (exact) mass is 273 g/mol. The Hall–Kier alpha value is -2.07. The standard InChI is InChI=1S/C16H16FNO2/c1-18-15(11-5-7-12(17)8-6-11)13-3-2-4-14-16(13)20-10-9-19-14/h2-8,15,18H,9-10H2,1H3. The predicted molar refractivity (Wildman–Crippen MR) is 74.7 cm³/mol. The Bertz CT molecular complexity index is 598. The Balaban J connectivity index is 2.03. The molecule has 2 aromatic rings. The van der Waals surface area contributed by atoms with Crippen molar-refractivity contribution in [2.75, 3.05) is 20.3 Å². The quantitative estimate of drug-likeness (QED) is 0.932. The summed E-state index contributed by atoms with van der Waals surface area (Å²) in [6.45, 7) is 1.11. The molecule has 1 aliphatic heterocycles. The molecule has 0 radical (unpaired) electrons. The van der Waals surface area contributed by atoms with Gasteiger partial charge >= 0.3 is 0 Å². The summed E-state index contributed by atoms with van der Waals surface area (Å²) in [5, 5.41) is 3.25. The van der Waals surface area contributed by atoms with Gasteiger partial charge in [0.15, 0.2) is 11.5 Å². The normalized spacial score (nSPS) is 14.9. The molecule has 1 heterocycles. The zero-order valence-corrected chi connectivity index (χ0v) is 11.2. The Morgan fingerprint density at radius 1 is 1.05 bits per heavy atom. The molecule has 3 rings (SSSR count). The highest BCUT2D eigenvalue weighted by atomic mass is 19.1. The van der Waals surface area contributed by atoms with Crippen molar-refractivity contribution in [2.24, 2.45) is 0 Å². The Labute approximate surface area is 117 Å². The van der Waals surface area contributed by atoms with Crippen LogP contribution in [0.4, 0.5) is 4.39 Å². The lowest BCUT2D eigenvalue weighted by Crippen LogP contribution is -2.22. The molecule has 0 aliphatic carbocycles. The molecular weight excluding hydrogens is 257 g/mol. The lowest BCUT2D eigenvalue weighted by atomic mass is 9.97. The van der Waals surface area contributed by atoms with Crippen LogP contribution in [0.3, 0.4) is 0 Å². The van der Waals surface area contributed by atoms with Gasteiger partial charge in [0.1, 0.15) is 19.0 Å². The van der Waals surface area contributed by atoms with Crippen molar-refractivity contribution >= 4 is 0 Å². The van der Waals surface area contributed by atoms with E-state index in [0.29, 0.717) is 13.2 Å². The molecule has 3 nitrogen and oxygen atoms in total. The van der Waals surface area contributed by atoms with Gasteiger partial charge < -0.3 is 14.8 Å². The first-order valence-corrected chi connectivity index (χ1v) is 6.61. The Morgan fingerprint density at radius 2 is 1.80 bits per heavy atom. The third-order valence-corrected chi connectivity index (χ3v) is 3.40. The van der Waals surface area contributed by atoms with Crippen molar-refractivity contribution < 1.29 is 13.9 Å². The molecule has 1 N–H and O–H groups in total. The van der Waals surface area contributed by atoms with Crippen LogP contribution in [0.2, 0.25) is 0 Å². The SMILES string of the molecule is CNC(c1ccc(F)cc1)c1cccc2c1OCCO2. The molecule has 0 aromatic heterocycles. The Morgan fingerprint density at radius 3 is 2.55 bits per heavy atom. The van der Waals surface area contributed by atoms with Crippen molar-refractivity contribution in [3.8, 4) is 11.5 Å². The highest BCUT2D eigenvalue weighted by Crippen LogP contribution is 2.38. The predicted octanol–water partition coefficient (Wildman–Crippen LogP) is 2.91. The number of nitrogens with one attached hydrogen (secondary N) is 1. The van der Waals surface area contributed by atoms with E-state index in [0.717, 1.165) is 22.6 Å². The van der Waals surface area contributed by atoms with Crippen molar-refractivity contribution in [3.05, 3.63) is 59.4 Å². The fourth-order valence-corrected chi connectivity index (χ4v) is 2.48. The number of benzene rings is 2. The lowest BCUT2D eigenvalue weighted by molar-refractivity contribution is 0.169. The van der Waals surface area contributed by atoms with E-state index in [2.05, 4.69) is 5.32 Å². The van der Waals surface area contributed by atoms with Gasteiger partial charge in [0.05, 0.1) is 6.04 Å². The summed E-state index contributed by atoms with van der Waals surface area (Å²) in [5.41, 5.74) is 1.98. The van der Waals surface area contributed by atoms with Crippen LogP contribution in [0.5, 0.6) is 11.5 Å². The third-order valence-electron chi connectivity index (χ3n) is 3.40. The van der Waals surface area contributed by atoms with Crippen LogP contribution in [0.15, 0.2) is 42.5 Å². The molecule has 1 unspecified atom stereocenters. The molecule has 0 spiro atoms. The maximum atomic E-state index is 13.1. The second-order valence-electron chi connectivity index (χ2n) is 4.64. The van der Waals surface area contributed by atoms with Gasteiger partial charge in [0, 0.05) is 5.56 Å². The first-order chi connectivity index (χ1) is 9.79. The van der Waals surface area contributed by atoms with Gasteiger partial charge in [-0.15, -0.1) is 0 Å². The van der Waals surface area contributed by atoms with E-state index in [1.54, 1.807) is 12.1 Å². The van der Waals surface area contributed by atoms with Crippen LogP contribution in [0, 0.1) is 5.82 Å². The topological polar surface area (TPSA) is 30.5 Å². The van der Waals surface area contributed by atoms with E-state index in [4.69, 9.17) is 9.47 Å². The highest BCUT2D eigenvalue weighted by Gasteiger charge is 2.22. The number of ether oxygens (including phenoxy) is 2. The summed E-state index contributed by atoms with van der Waals surface area (Å²) in [6.07, 6.45) is 0. The Kier molecular flexibility index (Phi) is 3.56. The van der Waals surface area contributed by atoms with E-state index in [9.17, 15) is 4.39 Å². The van der Waals surface area contributed by atoms with Crippen LogP contribution in [0.25, 0.3) is 0 Å². The maximum absolute atomic E-state index is 13.1. The fourth-order valence-electron chi connectivity index (χ4n) is 2.48. The number of rotatable bonds is 3. The van der Waals surface area contributed by atoms with Crippen LogP contribution in [-0.2, 0) is 0 Å². The molecule has 0 saturated carbocycles. The number of fused-ring (bicyclic) bond motifs is 1. The average Bonchev–Trinajstić information content (AvgIpc) is 2.50. The molecule has 2 aromatic carbocycles. The van der Waals surface area contributed by atoms with E-state index >= 15 is 0 Å². The summed E-state index contributed by atoms with van der Waals surface area (Å²) in [5.74, 6) is 1.29. The third kappa shape index (κ3) is 2.34. The van der Waals surface area contributed by atoms with Crippen LogP contribution < -0.4 is 14.8 Å². The minimum Gasteiger partial charge on any atom is -0.486 e. The number of hydrogen-bond donors (Lipinski definition) is 1. The van der Waals surface area contributed by atoms with E-state index < -0.39 is 0 Å². The van der Waals surface area contributed by atoms with Crippen LogP contribution in [-0.4, -0.2) is 20.3 Å². The first-order valence-electron chi connectivity index (χ1n) is 6.61. The van der Waals surface area contributed by atoms with Crippen molar-refractivity contribution in [3.63, 3.8) is 0 Å². The second-order valence-corrected chi connectivity index (χ2v) is 4.64. The van der Waals surface area contributed by atoms with Crippen LogP contribution >= 0.6 is 0 Å². The number of halogens is 1. The smallest absolute Gasteiger partial charge is 0.166 e. The molecule has 1 aliphatic rings. The van der Waals surface area contributed by atoms with Crippen molar-refractivity contribution in [1.82, 2.24) is 5.32 Å². The van der Waals surface area contributed by atoms with Gasteiger partial charge in [-0.2, -0.15) is 0 Å². The largest absolute Gasteiger partial charge is 0.486 e. The van der Waals surface area contributed by atoms with E-state index in [1.165, 1.54) is 12.1 Å². The van der Waals surface area contributed by atoms with E-state index in [-0.39, 0.29) is 11.9 Å². The molecule has 0 fully saturated rings. The summed E-state index contributed by atoms with van der Waals surface area (Å²) >= 11 is 0. The highest BCUT2D eigenvalue weighted by molar-refractivity contribution is 5.51. The van der Waals surface area contributed by atoms with Crippen LogP contribution in [0.1, 0.15) is 17.2 Å². The van der Waals surface area contributed by atoms with Gasteiger partial charge in [0.25, 0.3) is 0 Å². The number of hydrogen-bond acceptors (Lipinski definition) is 3. The first kappa shape index (κ1) is 12.9. The van der Waals surface area contributed by atoms with E-state index in [1.807, 2.05) is 25.2 Å². The molecule has 0 saturated heterocycles. The van der Waals surface area contributed by atoms with Gasteiger partial charge in [-0.1, -0.05) is 24.3 Å². The fraction of sp³-hybridized carbons (Fsp3) is 0.250. The van der Waals surface area contributed by atoms with Crippen molar-refractivity contribution in [1.29, 1.82) is 0 Å². The average molecular weight is 273 g/mol. The minimum atomic E-state index is -0.238. The summed E-state index contributed by atoms with van der Waals surface area (Å²) in [4.78, 5) is 0. The molecular formula is C16H16FNO2. The van der Waals surface area contributed by atoms with Gasteiger partial charge in [-0.25, -0.2) is 4.39 Å². The summed E-state index contributed by atoms with van der Waals surface area (Å²) in [7, 11) is 1.87. The molecule has 20 heavy (non-hydrogen) atoms. The van der Waals surface area contributed by atoms with Gasteiger partial charge in [0.2, 0.25) is 0 Å². The molecule has 1 atom stereocenters. The zero-order chi connectivity index (χ0) is 13.9. The lowest BCUT2D eigenvalue weighted by Gasteiger charge is -2.25. The second kappa shape index (κ2) is 5.51. The van der Waals surface area contributed by atoms with Gasteiger partial charge in [-0.05, 0) is 30.8 Å². The molecule has 0 amide bonds. The molecule has 4 heteroatoms. The minimum absolute atomic E-state index is 0.0627. The van der Waals surface area contributed by atoms with Gasteiger partial charge in [-0.3, -0.25) is 0 Å².